The van der Waals surface area contributed by atoms with E-state index in [1.165, 1.54) is 5.56 Å². The Kier molecular flexibility index (Phi) is 4.07. The Morgan fingerprint density at radius 1 is 1.29 bits per heavy atom. The predicted octanol–water partition coefficient (Wildman–Crippen LogP) is 2.53. The molecule has 1 nitrogen and oxygen atoms in total. The number of nitrogens with zero attached hydrogens (tertiary/aromatic N) is 1. The van der Waals surface area contributed by atoms with Crippen molar-refractivity contribution in [2.45, 2.75) is 26.3 Å². The van der Waals surface area contributed by atoms with E-state index in [-0.39, 0.29) is 0 Å². The molecule has 0 aliphatic carbocycles. The molecule has 0 heterocycles. The molecule has 0 saturated heterocycles. The number of rotatable bonds is 3. The average Bonchev–Trinajstić information content (AvgIpc) is 2.19. The molecule has 0 saturated carbocycles. The molecule has 1 aromatic rings. The lowest BCUT2D eigenvalue weighted by Gasteiger charge is -2.20. The lowest BCUT2D eigenvalue weighted by molar-refractivity contribution is 0.370. The SMILES string of the molecule is CC#CN(C)[C@@H](C)Cc1ccccc1. The van der Waals surface area contributed by atoms with Gasteiger partial charge >= 0.3 is 0 Å². The topological polar surface area (TPSA) is 3.24 Å². The molecular formula is C13H17N. The van der Waals surface area contributed by atoms with Crippen LogP contribution in [0.5, 0.6) is 0 Å². The molecule has 0 bridgehead atoms. The van der Waals surface area contributed by atoms with Gasteiger partial charge in [0.25, 0.3) is 0 Å². The van der Waals surface area contributed by atoms with Crippen LogP contribution in [0.3, 0.4) is 0 Å². The van der Waals surface area contributed by atoms with E-state index in [2.05, 4.69) is 48.1 Å². The number of hydrogen-bond acceptors (Lipinski definition) is 1. The molecule has 14 heavy (non-hydrogen) atoms. The van der Waals surface area contributed by atoms with E-state index in [0.29, 0.717) is 6.04 Å². The summed E-state index contributed by atoms with van der Waals surface area (Å²) in [6, 6.07) is 14.0. The van der Waals surface area contributed by atoms with Gasteiger partial charge < -0.3 is 4.90 Å². The highest BCUT2D eigenvalue weighted by Gasteiger charge is 2.05. The minimum atomic E-state index is 0.463. The Bertz CT molecular complexity index is 318. The Morgan fingerprint density at radius 2 is 1.93 bits per heavy atom. The van der Waals surface area contributed by atoms with Crippen LogP contribution in [-0.4, -0.2) is 18.0 Å². The van der Waals surface area contributed by atoms with Crippen LogP contribution >= 0.6 is 0 Å². The van der Waals surface area contributed by atoms with Gasteiger partial charge in [-0.25, -0.2) is 0 Å². The smallest absolute Gasteiger partial charge is 0.0380 e. The average molecular weight is 187 g/mol. The van der Waals surface area contributed by atoms with Crippen molar-refractivity contribution < 1.29 is 0 Å². The van der Waals surface area contributed by atoms with Crippen molar-refractivity contribution in [3.8, 4) is 12.0 Å². The first-order chi connectivity index (χ1) is 6.74. The maximum Gasteiger partial charge on any atom is 0.0380 e. The predicted molar refractivity (Wildman–Crippen MR) is 60.8 cm³/mol. The highest BCUT2D eigenvalue weighted by Crippen LogP contribution is 2.06. The summed E-state index contributed by atoms with van der Waals surface area (Å²) in [6.07, 6.45) is 1.05. The first-order valence-corrected chi connectivity index (χ1v) is 4.93. The second-order valence-corrected chi connectivity index (χ2v) is 3.51. The van der Waals surface area contributed by atoms with Gasteiger partial charge in [-0.15, -0.1) is 0 Å². The van der Waals surface area contributed by atoms with Gasteiger partial charge in [0.15, 0.2) is 0 Å². The fourth-order valence-corrected chi connectivity index (χ4v) is 1.38. The van der Waals surface area contributed by atoms with Gasteiger partial charge in [-0.2, -0.15) is 0 Å². The van der Waals surface area contributed by atoms with Crippen LogP contribution in [0.15, 0.2) is 30.3 Å². The van der Waals surface area contributed by atoms with Crippen molar-refractivity contribution in [1.82, 2.24) is 4.90 Å². The van der Waals surface area contributed by atoms with Crippen LogP contribution in [0.25, 0.3) is 0 Å². The molecule has 1 rings (SSSR count). The Morgan fingerprint density at radius 3 is 2.50 bits per heavy atom. The van der Waals surface area contributed by atoms with E-state index in [0.717, 1.165) is 6.42 Å². The van der Waals surface area contributed by atoms with Gasteiger partial charge in [0.2, 0.25) is 0 Å². The fraction of sp³-hybridized carbons (Fsp3) is 0.385. The van der Waals surface area contributed by atoms with Crippen molar-refractivity contribution in [2.75, 3.05) is 7.05 Å². The third-order valence-corrected chi connectivity index (χ3v) is 2.32. The summed E-state index contributed by atoms with van der Waals surface area (Å²) >= 11 is 0. The standard InChI is InChI=1S/C13H17N/c1-4-10-14(3)12(2)11-13-8-6-5-7-9-13/h5-9,12H,11H2,1-3H3/t12-/m0/s1. The first kappa shape index (κ1) is 10.7. The normalized spacial score (nSPS) is 11.4. The second-order valence-electron chi connectivity index (χ2n) is 3.51. The Balaban J connectivity index is 2.55. The fourth-order valence-electron chi connectivity index (χ4n) is 1.38. The van der Waals surface area contributed by atoms with Crippen LogP contribution in [0.4, 0.5) is 0 Å². The number of hydrogen-bond donors (Lipinski definition) is 0. The summed E-state index contributed by atoms with van der Waals surface area (Å²) in [5.74, 6) is 2.91. The molecular weight excluding hydrogens is 170 g/mol. The van der Waals surface area contributed by atoms with Crippen LogP contribution < -0.4 is 0 Å². The van der Waals surface area contributed by atoms with Gasteiger partial charge in [0.05, 0.1) is 0 Å². The van der Waals surface area contributed by atoms with E-state index in [9.17, 15) is 0 Å². The molecule has 0 N–H and O–H groups in total. The van der Waals surface area contributed by atoms with E-state index < -0.39 is 0 Å². The Hall–Kier alpha value is -1.42. The van der Waals surface area contributed by atoms with Crippen molar-refractivity contribution in [3.63, 3.8) is 0 Å². The lowest BCUT2D eigenvalue weighted by Crippen LogP contribution is -2.26. The monoisotopic (exact) mass is 187 g/mol. The van der Waals surface area contributed by atoms with Gasteiger partial charge in [0.1, 0.15) is 0 Å². The summed E-state index contributed by atoms with van der Waals surface area (Å²) in [7, 11) is 2.03. The van der Waals surface area contributed by atoms with Crippen molar-refractivity contribution in [2.24, 2.45) is 0 Å². The minimum absolute atomic E-state index is 0.463. The van der Waals surface area contributed by atoms with Crippen LogP contribution in [0.2, 0.25) is 0 Å². The van der Waals surface area contributed by atoms with E-state index in [1.54, 1.807) is 0 Å². The maximum atomic E-state index is 3.05. The molecule has 0 unspecified atom stereocenters. The van der Waals surface area contributed by atoms with Crippen molar-refractivity contribution >= 4 is 0 Å². The largest absolute Gasteiger partial charge is 0.333 e. The molecule has 0 fully saturated rings. The minimum Gasteiger partial charge on any atom is -0.333 e. The van der Waals surface area contributed by atoms with Crippen LogP contribution in [0.1, 0.15) is 19.4 Å². The number of benzene rings is 1. The quantitative estimate of drug-likeness (QED) is 0.519. The molecule has 1 aromatic carbocycles. The zero-order valence-electron chi connectivity index (χ0n) is 9.12. The molecule has 0 aromatic heterocycles. The summed E-state index contributed by atoms with van der Waals surface area (Å²) in [5.41, 5.74) is 1.37. The zero-order chi connectivity index (χ0) is 10.4. The third-order valence-electron chi connectivity index (χ3n) is 2.32. The third kappa shape index (κ3) is 3.14. The maximum absolute atomic E-state index is 3.05. The molecule has 0 amide bonds. The summed E-state index contributed by atoms with van der Waals surface area (Å²) in [5, 5.41) is 0. The van der Waals surface area contributed by atoms with Gasteiger partial charge in [0, 0.05) is 19.1 Å². The van der Waals surface area contributed by atoms with E-state index in [4.69, 9.17) is 0 Å². The summed E-state index contributed by atoms with van der Waals surface area (Å²) < 4.78 is 0. The van der Waals surface area contributed by atoms with Gasteiger partial charge in [-0.3, -0.25) is 0 Å². The molecule has 0 aliphatic heterocycles. The van der Waals surface area contributed by atoms with Crippen molar-refractivity contribution in [3.05, 3.63) is 35.9 Å². The molecule has 1 heteroatoms. The molecule has 0 spiro atoms. The highest BCUT2D eigenvalue weighted by atomic mass is 15.1. The molecule has 0 radical (unpaired) electrons. The highest BCUT2D eigenvalue weighted by molar-refractivity contribution is 5.16. The first-order valence-electron chi connectivity index (χ1n) is 4.93. The number of likely N-dealkylation sites (N-methyl/N-ethyl adjacent to an activating group) is 1. The van der Waals surface area contributed by atoms with Crippen molar-refractivity contribution in [1.29, 1.82) is 0 Å². The molecule has 74 valence electrons. The van der Waals surface area contributed by atoms with E-state index in [1.807, 2.05) is 20.0 Å². The molecule has 0 aliphatic rings. The molecule has 1 atom stereocenters. The van der Waals surface area contributed by atoms with E-state index >= 15 is 0 Å². The van der Waals surface area contributed by atoms with Crippen LogP contribution in [0, 0.1) is 12.0 Å². The summed E-state index contributed by atoms with van der Waals surface area (Å²) in [4.78, 5) is 2.06. The zero-order valence-corrected chi connectivity index (χ0v) is 9.12. The lowest BCUT2D eigenvalue weighted by atomic mass is 10.1. The van der Waals surface area contributed by atoms with Gasteiger partial charge in [-0.1, -0.05) is 36.3 Å². The summed E-state index contributed by atoms with van der Waals surface area (Å²) in [6.45, 7) is 4.06. The Labute approximate surface area is 86.7 Å². The van der Waals surface area contributed by atoms with Crippen LogP contribution in [-0.2, 0) is 6.42 Å². The second kappa shape index (κ2) is 5.34. The van der Waals surface area contributed by atoms with Gasteiger partial charge in [-0.05, 0) is 25.8 Å².